The molecule has 0 aliphatic carbocycles. The average Bonchev–Trinajstić information content (AvgIpc) is 3.10. The number of halogens is 1. The molecule has 26 heavy (non-hydrogen) atoms. The molecule has 2 aromatic rings. The number of anilines is 1. The summed E-state index contributed by atoms with van der Waals surface area (Å²) in [5.74, 6) is 0.224. The van der Waals surface area contributed by atoms with Crippen LogP contribution in [0.4, 0.5) is 10.3 Å². The lowest BCUT2D eigenvalue weighted by Crippen LogP contribution is -2.38. The van der Waals surface area contributed by atoms with Crippen LogP contribution in [-0.4, -0.2) is 44.5 Å². The van der Waals surface area contributed by atoms with Gasteiger partial charge in [0.2, 0.25) is 17.2 Å². The van der Waals surface area contributed by atoms with Gasteiger partial charge in [-0.1, -0.05) is 0 Å². The molecule has 9 heteroatoms. The lowest BCUT2D eigenvalue weighted by molar-refractivity contribution is 0.121. The molecule has 1 saturated heterocycles. The van der Waals surface area contributed by atoms with Crippen molar-refractivity contribution in [3.63, 3.8) is 0 Å². The Bertz CT molecular complexity index is 764. The Morgan fingerprint density at radius 3 is 2.35 bits per heavy atom. The van der Waals surface area contributed by atoms with Crippen LogP contribution in [0.5, 0.6) is 0 Å². The van der Waals surface area contributed by atoms with Crippen LogP contribution in [-0.2, 0) is 18.3 Å². The molecule has 1 fully saturated rings. The highest BCUT2D eigenvalue weighted by Crippen LogP contribution is 2.49. The molecule has 0 bridgehead atoms. The van der Waals surface area contributed by atoms with Gasteiger partial charge in [-0.15, -0.1) is 0 Å². The number of oxazole rings is 1. The van der Waals surface area contributed by atoms with Crippen molar-refractivity contribution in [3.8, 4) is 11.5 Å². The largest absolute Gasteiger partial charge is 0.419 e. The van der Waals surface area contributed by atoms with Crippen LogP contribution in [0.1, 0.15) is 13.8 Å². The number of aromatic nitrogens is 1. The van der Waals surface area contributed by atoms with Crippen molar-refractivity contribution in [2.75, 3.05) is 44.4 Å². The van der Waals surface area contributed by atoms with Crippen molar-refractivity contribution < 1.29 is 27.2 Å². The Labute approximate surface area is 151 Å². The van der Waals surface area contributed by atoms with Gasteiger partial charge in [-0.25, -0.2) is 4.39 Å². The van der Waals surface area contributed by atoms with Gasteiger partial charge in [-0.2, -0.15) is 4.98 Å². The Kier molecular flexibility index (Phi) is 6.09. The van der Waals surface area contributed by atoms with Crippen LogP contribution in [0.2, 0.25) is 0 Å². The SMILES string of the molecule is CCOP(=O)(OCC)c1nc(-c2ccc(F)cc2)oc1N1CCOCC1. The van der Waals surface area contributed by atoms with Crippen molar-refractivity contribution >= 4 is 18.9 Å². The predicted octanol–water partition coefficient (Wildman–Crippen LogP) is 3.21. The monoisotopic (exact) mass is 384 g/mol. The third kappa shape index (κ3) is 3.99. The van der Waals surface area contributed by atoms with Gasteiger partial charge in [0.15, 0.2) is 0 Å². The zero-order valence-electron chi connectivity index (χ0n) is 14.8. The molecule has 0 saturated carbocycles. The van der Waals surface area contributed by atoms with E-state index in [2.05, 4.69) is 4.98 Å². The maximum atomic E-state index is 13.3. The fourth-order valence-corrected chi connectivity index (χ4v) is 4.30. The molecule has 0 unspecified atom stereocenters. The van der Waals surface area contributed by atoms with Crippen molar-refractivity contribution in [3.05, 3.63) is 30.1 Å². The fourth-order valence-electron chi connectivity index (χ4n) is 2.67. The minimum absolute atomic E-state index is 0.141. The second-order valence-corrected chi connectivity index (χ2v) is 7.52. The summed E-state index contributed by atoms with van der Waals surface area (Å²) in [7, 11) is -3.65. The van der Waals surface area contributed by atoms with Crippen LogP contribution < -0.4 is 10.3 Å². The highest BCUT2D eigenvalue weighted by atomic mass is 31.2. The molecule has 0 N–H and O–H groups in total. The van der Waals surface area contributed by atoms with E-state index in [1.165, 1.54) is 12.1 Å². The summed E-state index contributed by atoms with van der Waals surface area (Å²) in [4.78, 5) is 6.32. The third-order valence-electron chi connectivity index (χ3n) is 3.84. The van der Waals surface area contributed by atoms with Gasteiger partial charge in [0, 0.05) is 18.7 Å². The number of hydrogen-bond donors (Lipinski definition) is 0. The van der Waals surface area contributed by atoms with E-state index in [4.69, 9.17) is 18.2 Å². The molecule has 1 aliphatic rings. The van der Waals surface area contributed by atoms with E-state index < -0.39 is 7.60 Å². The second-order valence-electron chi connectivity index (χ2n) is 5.59. The molecule has 1 aromatic carbocycles. The molecule has 1 aliphatic heterocycles. The maximum absolute atomic E-state index is 13.3. The summed E-state index contributed by atoms with van der Waals surface area (Å²) < 4.78 is 48.7. The molecule has 0 radical (unpaired) electrons. The molecular formula is C17H22FN2O5P. The fraction of sp³-hybridized carbons (Fsp3) is 0.471. The summed E-state index contributed by atoms with van der Waals surface area (Å²) in [5, 5.41) is 0. The minimum atomic E-state index is -3.65. The lowest BCUT2D eigenvalue weighted by Gasteiger charge is -2.27. The second kappa shape index (κ2) is 8.31. The molecule has 0 spiro atoms. The van der Waals surface area contributed by atoms with Crippen LogP contribution >= 0.6 is 7.60 Å². The normalized spacial score (nSPS) is 15.4. The quantitative estimate of drug-likeness (QED) is 0.679. The highest BCUT2D eigenvalue weighted by Gasteiger charge is 2.38. The van der Waals surface area contributed by atoms with Gasteiger partial charge in [-0.05, 0) is 38.1 Å². The van der Waals surface area contributed by atoms with Gasteiger partial charge in [0.05, 0.1) is 26.4 Å². The molecule has 3 rings (SSSR count). The summed E-state index contributed by atoms with van der Waals surface area (Å²) >= 11 is 0. The van der Waals surface area contributed by atoms with Crippen molar-refractivity contribution in [1.82, 2.24) is 4.98 Å². The van der Waals surface area contributed by atoms with E-state index in [-0.39, 0.29) is 30.4 Å². The molecule has 7 nitrogen and oxygen atoms in total. The van der Waals surface area contributed by atoms with Crippen LogP contribution in [0.25, 0.3) is 11.5 Å². The minimum Gasteiger partial charge on any atom is -0.419 e. The number of ether oxygens (including phenoxy) is 1. The zero-order valence-corrected chi connectivity index (χ0v) is 15.7. The number of hydrogen-bond acceptors (Lipinski definition) is 7. The Hall–Kier alpha value is -1.73. The number of benzene rings is 1. The molecule has 142 valence electrons. The standard InChI is InChI=1S/C17H22FN2O5P/c1-3-23-26(21,24-4-2)16-17(20-9-11-22-12-10-20)25-15(19-16)13-5-7-14(18)8-6-13/h5-8H,3-4,9-12H2,1-2H3. The first kappa shape index (κ1) is 19.0. The third-order valence-corrected chi connectivity index (χ3v) is 5.85. The smallest absolute Gasteiger partial charge is 0.385 e. The summed E-state index contributed by atoms with van der Waals surface area (Å²) in [6.45, 7) is 6.09. The molecule has 2 heterocycles. The molecule has 1 aromatic heterocycles. The van der Waals surface area contributed by atoms with Crippen LogP contribution in [0.3, 0.4) is 0 Å². The maximum Gasteiger partial charge on any atom is 0.385 e. The zero-order chi connectivity index (χ0) is 18.6. The predicted molar refractivity (Wildman–Crippen MR) is 95.4 cm³/mol. The van der Waals surface area contributed by atoms with Gasteiger partial charge in [0.25, 0.3) is 0 Å². The molecule has 0 amide bonds. The van der Waals surface area contributed by atoms with Gasteiger partial charge in [-0.3, -0.25) is 4.57 Å². The Morgan fingerprint density at radius 1 is 1.15 bits per heavy atom. The number of morpholine rings is 1. The van der Waals surface area contributed by atoms with E-state index in [0.29, 0.717) is 37.8 Å². The lowest BCUT2D eigenvalue weighted by atomic mass is 10.2. The van der Waals surface area contributed by atoms with E-state index in [1.54, 1.807) is 26.0 Å². The Morgan fingerprint density at radius 2 is 1.77 bits per heavy atom. The van der Waals surface area contributed by atoms with Gasteiger partial charge >= 0.3 is 7.60 Å². The van der Waals surface area contributed by atoms with E-state index in [9.17, 15) is 8.96 Å². The van der Waals surface area contributed by atoms with E-state index in [1.807, 2.05) is 4.90 Å². The Balaban J connectivity index is 2.07. The number of rotatable bonds is 7. The summed E-state index contributed by atoms with van der Waals surface area (Å²) in [5.41, 5.74) is 0.717. The van der Waals surface area contributed by atoms with E-state index in [0.717, 1.165) is 0 Å². The molecule has 0 atom stereocenters. The number of nitrogens with zero attached hydrogens (tertiary/aromatic N) is 2. The van der Waals surface area contributed by atoms with E-state index >= 15 is 0 Å². The summed E-state index contributed by atoms with van der Waals surface area (Å²) in [6.07, 6.45) is 0. The highest BCUT2D eigenvalue weighted by molar-refractivity contribution is 7.62. The topological polar surface area (TPSA) is 74.0 Å². The molecular weight excluding hydrogens is 362 g/mol. The van der Waals surface area contributed by atoms with Crippen LogP contribution in [0.15, 0.2) is 28.7 Å². The van der Waals surface area contributed by atoms with Crippen LogP contribution in [0, 0.1) is 5.82 Å². The van der Waals surface area contributed by atoms with Gasteiger partial charge < -0.3 is 23.1 Å². The first-order chi connectivity index (χ1) is 12.6. The first-order valence-corrected chi connectivity index (χ1v) is 10.1. The average molecular weight is 384 g/mol. The van der Waals surface area contributed by atoms with Crippen molar-refractivity contribution in [2.24, 2.45) is 0 Å². The first-order valence-electron chi connectivity index (χ1n) is 8.56. The van der Waals surface area contributed by atoms with Crippen molar-refractivity contribution in [2.45, 2.75) is 13.8 Å². The van der Waals surface area contributed by atoms with Crippen molar-refractivity contribution in [1.29, 1.82) is 0 Å². The van der Waals surface area contributed by atoms with Gasteiger partial charge in [0.1, 0.15) is 5.82 Å². The summed E-state index contributed by atoms with van der Waals surface area (Å²) in [6, 6.07) is 5.75.